The third-order valence-electron chi connectivity index (χ3n) is 5.84. The van der Waals surface area contributed by atoms with Crippen molar-refractivity contribution in [1.82, 2.24) is 9.47 Å². The van der Waals surface area contributed by atoms with Crippen LogP contribution in [0.1, 0.15) is 35.0 Å². The molecule has 0 saturated heterocycles. The highest BCUT2D eigenvalue weighted by atomic mass is 35.5. The second-order valence-electron chi connectivity index (χ2n) is 8.25. The number of hydrogen-bond acceptors (Lipinski definition) is 4. The van der Waals surface area contributed by atoms with E-state index in [1.54, 1.807) is 19.1 Å². The number of rotatable bonds is 7. The van der Waals surface area contributed by atoms with Crippen LogP contribution in [0, 0.1) is 5.82 Å². The van der Waals surface area contributed by atoms with Crippen LogP contribution in [-0.4, -0.2) is 21.1 Å². The second-order valence-corrected chi connectivity index (χ2v) is 8.66. The molecule has 4 rings (SSSR count). The Morgan fingerprint density at radius 1 is 1.18 bits per heavy atom. The van der Waals surface area contributed by atoms with Gasteiger partial charge < -0.3 is 14.4 Å². The maximum atomic E-state index is 13.6. The Bertz CT molecular complexity index is 1240. The third kappa shape index (κ3) is 4.88. The van der Waals surface area contributed by atoms with Gasteiger partial charge in [-0.2, -0.15) is 0 Å². The Hall–Kier alpha value is -2.93. The molecule has 1 N–H and O–H groups in total. The molecule has 0 saturated carbocycles. The summed E-state index contributed by atoms with van der Waals surface area (Å²) in [6.45, 7) is 7.95. The molecular formula is C26H26ClFN2O3. The van der Waals surface area contributed by atoms with Crippen LogP contribution in [0.3, 0.4) is 0 Å². The lowest BCUT2D eigenvalue weighted by atomic mass is 10.0. The van der Waals surface area contributed by atoms with E-state index in [4.69, 9.17) is 16.3 Å². The first-order valence-corrected chi connectivity index (χ1v) is 11.1. The smallest absolute Gasteiger partial charge is 0.231 e. The summed E-state index contributed by atoms with van der Waals surface area (Å²) in [6, 6.07) is 14.3. The summed E-state index contributed by atoms with van der Waals surface area (Å²) in [7, 11) is 0. The normalized spacial score (nSPS) is 13.6. The summed E-state index contributed by atoms with van der Waals surface area (Å²) in [4.78, 5) is 15.6. The average Bonchev–Trinajstić information content (AvgIpc) is 2.80. The number of aromatic nitrogens is 1. The van der Waals surface area contributed by atoms with Gasteiger partial charge in [-0.25, -0.2) is 4.39 Å². The van der Waals surface area contributed by atoms with Crippen LogP contribution in [0.2, 0.25) is 5.02 Å². The van der Waals surface area contributed by atoms with Crippen LogP contribution in [-0.2, 0) is 32.8 Å². The molecule has 0 bridgehead atoms. The fourth-order valence-corrected chi connectivity index (χ4v) is 4.47. The van der Waals surface area contributed by atoms with E-state index in [-0.39, 0.29) is 29.4 Å². The van der Waals surface area contributed by atoms with Gasteiger partial charge >= 0.3 is 0 Å². The molecule has 33 heavy (non-hydrogen) atoms. The molecule has 0 atom stereocenters. The molecule has 0 radical (unpaired) electrons. The number of allylic oxidation sites excluding steroid dienone is 1. The van der Waals surface area contributed by atoms with Gasteiger partial charge in [0.1, 0.15) is 12.4 Å². The summed E-state index contributed by atoms with van der Waals surface area (Å²) in [5, 5.41) is 10.2. The maximum Gasteiger partial charge on any atom is 0.231 e. The minimum atomic E-state index is -0.451. The van der Waals surface area contributed by atoms with Gasteiger partial charge in [0.05, 0.1) is 28.6 Å². The molecule has 172 valence electrons. The molecule has 0 aliphatic carbocycles. The second kappa shape index (κ2) is 9.91. The van der Waals surface area contributed by atoms with Crippen molar-refractivity contribution in [1.29, 1.82) is 0 Å². The van der Waals surface area contributed by atoms with Crippen LogP contribution in [0.4, 0.5) is 4.39 Å². The quantitative estimate of drug-likeness (QED) is 0.543. The minimum absolute atomic E-state index is 0.0849. The van der Waals surface area contributed by atoms with Gasteiger partial charge in [0.15, 0.2) is 5.75 Å². The van der Waals surface area contributed by atoms with Gasteiger partial charge in [0, 0.05) is 26.2 Å². The molecule has 0 fully saturated rings. The van der Waals surface area contributed by atoms with Gasteiger partial charge in [-0.3, -0.25) is 9.69 Å². The standard InChI is InChI=1S/C26H26ClFN2O3/c1-17(2)24-23(15-31)30-11-10-29(13-19-8-9-21(28)20(27)12-19)14-22(30)26(25(24)32)33-16-18-6-4-3-5-7-18/h3-9,12,31H,1,10-11,13-16H2,2H3. The lowest BCUT2D eigenvalue weighted by Gasteiger charge is -2.34. The van der Waals surface area contributed by atoms with Crippen LogP contribution in [0.25, 0.3) is 5.57 Å². The van der Waals surface area contributed by atoms with Crippen LogP contribution >= 0.6 is 11.6 Å². The Morgan fingerprint density at radius 3 is 2.61 bits per heavy atom. The molecular weight excluding hydrogens is 443 g/mol. The van der Waals surface area contributed by atoms with Crippen molar-refractivity contribution in [3.8, 4) is 5.75 Å². The minimum Gasteiger partial charge on any atom is -0.483 e. The maximum absolute atomic E-state index is 13.6. The highest BCUT2D eigenvalue weighted by Gasteiger charge is 2.27. The fourth-order valence-electron chi connectivity index (χ4n) is 4.27. The largest absolute Gasteiger partial charge is 0.483 e. The molecule has 3 aromatic rings. The number of halogens is 2. The molecule has 0 spiro atoms. The van der Waals surface area contributed by atoms with E-state index in [0.717, 1.165) is 11.1 Å². The summed E-state index contributed by atoms with van der Waals surface area (Å²) in [5.74, 6) is -0.177. The summed E-state index contributed by atoms with van der Waals surface area (Å²) in [6.07, 6.45) is 0. The van der Waals surface area contributed by atoms with Crippen molar-refractivity contribution in [2.24, 2.45) is 0 Å². The first-order valence-electron chi connectivity index (χ1n) is 10.8. The van der Waals surface area contributed by atoms with Crippen molar-refractivity contribution in [3.63, 3.8) is 0 Å². The molecule has 0 amide bonds. The molecule has 1 aromatic heterocycles. The molecule has 1 aliphatic heterocycles. The first kappa shape index (κ1) is 23.2. The van der Waals surface area contributed by atoms with Gasteiger partial charge in [0.2, 0.25) is 5.43 Å². The van der Waals surface area contributed by atoms with E-state index in [1.165, 1.54) is 6.07 Å². The van der Waals surface area contributed by atoms with Gasteiger partial charge in [0.25, 0.3) is 0 Å². The van der Waals surface area contributed by atoms with Crippen molar-refractivity contribution >= 4 is 17.2 Å². The highest BCUT2D eigenvalue weighted by Crippen LogP contribution is 2.29. The van der Waals surface area contributed by atoms with E-state index in [2.05, 4.69) is 11.5 Å². The Kier molecular flexibility index (Phi) is 6.98. The number of hydrogen-bond donors (Lipinski definition) is 1. The van der Waals surface area contributed by atoms with Crippen LogP contribution < -0.4 is 10.2 Å². The molecule has 2 aromatic carbocycles. The SMILES string of the molecule is C=C(C)c1c(CO)n2c(c(OCc3ccccc3)c1=O)CN(Cc1ccc(F)c(Cl)c1)CC2. The zero-order chi connectivity index (χ0) is 23.5. The Morgan fingerprint density at radius 2 is 1.94 bits per heavy atom. The molecule has 0 unspecified atom stereocenters. The van der Waals surface area contributed by atoms with E-state index in [0.29, 0.717) is 48.7 Å². The van der Waals surface area contributed by atoms with E-state index in [1.807, 2.05) is 34.9 Å². The Labute approximate surface area is 197 Å². The third-order valence-corrected chi connectivity index (χ3v) is 6.13. The number of pyridine rings is 1. The van der Waals surface area contributed by atoms with E-state index >= 15 is 0 Å². The Balaban J connectivity index is 1.71. The van der Waals surface area contributed by atoms with Crippen molar-refractivity contribution in [2.75, 3.05) is 6.54 Å². The topological polar surface area (TPSA) is 54.7 Å². The molecule has 1 aliphatic rings. The number of fused-ring (bicyclic) bond motifs is 1. The summed E-state index contributed by atoms with van der Waals surface area (Å²) >= 11 is 5.95. The average molecular weight is 469 g/mol. The zero-order valence-corrected chi connectivity index (χ0v) is 19.2. The lowest BCUT2D eigenvalue weighted by molar-refractivity contribution is 0.188. The predicted octanol–water partition coefficient (Wildman–Crippen LogP) is 4.76. The summed E-state index contributed by atoms with van der Waals surface area (Å²) < 4.78 is 21.6. The number of benzene rings is 2. The monoisotopic (exact) mass is 468 g/mol. The van der Waals surface area contributed by atoms with Crippen molar-refractivity contribution in [3.05, 3.63) is 104 Å². The highest BCUT2D eigenvalue weighted by molar-refractivity contribution is 6.30. The van der Waals surface area contributed by atoms with Gasteiger partial charge in [-0.15, -0.1) is 0 Å². The van der Waals surface area contributed by atoms with Crippen LogP contribution in [0.5, 0.6) is 5.75 Å². The lowest BCUT2D eigenvalue weighted by Crippen LogP contribution is -2.38. The first-order chi connectivity index (χ1) is 15.9. The van der Waals surface area contributed by atoms with Crippen molar-refractivity contribution < 1.29 is 14.2 Å². The van der Waals surface area contributed by atoms with E-state index < -0.39 is 5.82 Å². The molecule has 7 heteroatoms. The fraction of sp³-hybridized carbons (Fsp3) is 0.269. The summed E-state index contributed by atoms with van der Waals surface area (Å²) in [5.41, 5.74) is 3.83. The van der Waals surface area contributed by atoms with Gasteiger partial charge in [-0.1, -0.05) is 54.6 Å². The van der Waals surface area contributed by atoms with Crippen molar-refractivity contribution in [2.45, 2.75) is 39.8 Å². The predicted molar refractivity (Wildman–Crippen MR) is 128 cm³/mol. The van der Waals surface area contributed by atoms with E-state index in [9.17, 15) is 14.3 Å². The number of aliphatic hydroxyl groups is 1. The zero-order valence-electron chi connectivity index (χ0n) is 18.5. The number of ether oxygens (including phenoxy) is 1. The van der Waals surface area contributed by atoms with Crippen LogP contribution in [0.15, 0.2) is 59.9 Å². The van der Waals surface area contributed by atoms with Gasteiger partial charge in [-0.05, 0) is 35.8 Å². The number of nitrogens with zero attached hydrogens (tertiary/aromatic N) is 2. The molecule has 2 heterocycles. The molecule has 5 nitrogen and oxygen atoms in total. The number of aliphatic hydroxyl groups excluding tert-OH is 1.